The maximum Gasteiger partial charge on any atom is 0.279 e. The Morgan fingerprint density at radius 1 is 1.67 bits per heavy atom. The van der Waals surface area contributed by atoms with Crippen molar-refractivity contribution in [1.82, 2.24) is 3.71 Å². The third-order valence-corrected chi connectivity index (χ3v) is 2.69. The zero-order valence-corrected chi connectivity index (χ0v) is 6.11. The number of nitrogens with zero attached hydrogens (tertiary/aromatic N) is 1. The molecule has 9 heavy (non-hydrogen) atoms. The molecule has 1 unspecified atom stereocenters. The average Bonchev–Trinajstić information content (AvgIpc) is 1.62. The Hall–Kier alpha value is 0.0849. The Bertz CT molecular complexity index is 209. The lowest BCUT2D eigenvalue weighted by Gasteiger charge is -2.15. The summed E-state index contributed by atoms with van der Waals surface area (Å²) in [6, 6.07) is 0. The van der Waals surface area contributed by atoms with Crippen LogP contribution in [0.5, 0.6) is 0 Å². The molecule has 2 radical (unpaired) electrons. The minimum atomic E-state index is -4.08. The van der Waals surface area contributed by atoms with Crippen LogP contribution < -0.4 is 0 Å². The van der Waals surface area contributed by atoms with Crippen LogP contribution in [0, 0.1) is 0 Å². The van der Waals surface area contributed by atoms with E-state index in [2.05, 4.69) is 7.12 Å². The van der Waals surface area contributed by atoms with Gasteiger partial charge in [-0.3, -0.25) is 4.21 Å². The Kier molecular flexibility index (Phi) is 2.81. The molecule has 0 fully saturated rings. The second-order valence-corrected chi connectivity index (χ2v) is 3.96. The van der Waals surface area contributed by atoms with Crippen molar-refractivity contribution in [2.75, 3.05) is 7.05 Å². The molecule has 0 rings (SSSR count). The van der Waals surface area contributed by atoms with Crippen LogP contribution in [0.15, 0.2) is 0 Å². The number of hydrogen-bond acceptors (Lipinski definition) is 4. The van der Waals surface area contributed by atoms with E-state index in [-0.39, 0.29) is 3.71 Å². The fourth-order valence-electron chi connectivity index (χ4n) is 0.0848. The van der Waals surface area contributed by atoms with Gasteiger partial charge in [-0.05, 0) is 0 Å². The monoisotopic (exact) mass is 168 g/mol. The largest absolute Gasteiger partial charge is 0.759 e. The highest BCUT2D eigenvalue weighted by molar-refractivity contribution is 8.15. The molecule has 0 aromatic carbocycles. The van der Waals surface area contributed by atoms with Crippen molar-refractivity contribution < 1.29 is 17.2 Å². The maximum atomic E-state index is 10.1. The lowest BCUT2D eigenvalue weighted by molar-refractivity contribution is 0.491. The molecule has 0 saturated carbocycles. The van der Waals surface area contributed by atoms with Gasteiger partial charge in [0, 0.05) is 18.3 Å². The minimum Gasteiger partial charge on any atom is -0.759 e. The zero-order valence-electron chi connectivity index (χ0n) is 4.47. The van der Waals surface area contributed by atoms with Crippen LogP contribution in [0.2, 0.25) is 0 Å². The molecule has 0 aliphatic heterocycles. The first-order valence-electron chi connectivity index (χ1n) is 1.71. The first-order valence-corrected chi connectivity index (χ1v) is 4.25. The van der Waals surface area contributed by atoms with Crippen LogP contribution >= 0.6 is 0 Å². The SMILES string of the molecule is [B]S(=O)(=O)N(C)S(=O)[O-]. The quantitative estimate of drug-likeness (QED) is 0.357. The van der Waals surface area contributed by atoms with Gasteiger partial charge in [0.25, 0.3) is 7.12 Å². The van der Waals surface area contributed by atoms with Gasteiger partial charge in [0.05, 0.1) is 0 Å². The van der Waals surface area contributed by atoms with Gasteiger partial charge < -0.3 is 4.55 Å². The van der Waals surface area contributed by atoms with Crippen molar-refractivity contribution >= 4 is 28.3 Å². The van der Waals surface area contributed by atoms with Gasteiger partial charge in [-0.2, -0.15) is 0 Å². The van der Waals surface area contributed by atoms with Gasteiger partial charge in [-0.15, -0.1) is 3.71 Å². The molecule has 0 heterocycles. The minimum absolute atomic E-state index is 0.0208. The average molecular weight is 168 g/mol. The second-order valence-electron chi connectivity index (χ2n) is 1.17. The summed E-state index contributed by atoms with van der Waals surface area (Å²) in [7, 11) is 1.14. The van der Waals surface area contributed by atoms with E-state index >= 15 is 0 Å². The zero-order chi connectivity index (χ0) is 7.65. The van der Waals surface area contributed by atoms with Crippen LogP contribution in [0.25, 0.3) is 0 Å². The first kappa shape index (κ1) is 9.08. The van der Waals surface area contributed by atoms with E-state index in [0.29, 0.717) is 0 Å². The summed E-state index contributed by atoms with van der Waals surface area (Å²) in [5.41, 5.74) is 0. The molecule has 0 aliphatic rings. The van der Waals surface area contributed by atoms with Gasteiger partial charge in [0.1, 0.15) is 0 Å². The summed E-state index contributed by atoms with van der Waals surface area (Å²) in [6.45, 7) is 0. The fourth-order valence-corrected chi connectivity index (χ4v) is 0.763. The van der Waals surface area contributed by atoms with Crippen molar-refractivity contribution in [2.45, 2.75) is 0 Å². The van der Waals surface area contributed by atoms with Gasteiger partial charge >= 0.3 is 0 Å². The van der Waals surface area contributed by atoms with E-state index in [1.54, 1.807) is 0 Å². The fraction of sp³-hybridized carbons (Fsp3) is 1.00. The molecule has 0 bridgehead atoms. The summed E-state index contributed by atoms with van der Waals surface area (Å²) < 4.78 is 39.8. The topological polar surface area (TPSA) is 77.5 Å². The summed E-state index contributed by atoms with van der Waals surface area (Å²) in [6.07, 6.45) is 0. The van der Waals surface area contributed by atoms with Crippen LogP contribution in [0.4, 0.5) is 0 Å². The van der Waals surface area contributed by atoms with Crippen molar-refractivity contribution in [3.05, 3.63) is 0 Å². The normalized spacial score (nSPS) is 15.9. The Morgan fingerprint density at radius 3 is 2.00 bits per heavy atom. The standard InChI is InChI=1S/CH4BNO4S2/c1-3(8(4)5)9(2,6)7/h1H3,(H,4,5)/p-1. The highest BCUT2D eigenvalue weighted by Gasteiger charge is 2.09. The molecule has 0 N–H and O–H groups in total. The summed E-state index contributed by atoms with van der Waals surface area (Å²) in [5, 5.41) is 0. The predicted molar refractivity (Wildman–Crippen MR) is 31.4 cm³/mol. The molecule has 0 amide bonds. The van der Waals surface area contributed by atoms with Crippen LogP contribution in [-0.4, -0.2) is 35.1 Å². The molecule has 0 aromatic heterocycles. The van der Waals surface area contributed by atoms with Crippen LogP contribution in [0.3, 0.4) is 0 Å². The Morgan fingerprint density at radius 2 is 2.00 bits per heavy atom. The molecule has 0 aliphatic carbocycles. The van der Waals surface area contributed by atoms with E-state index in [0.717, 1.165) is 7.05 Å². The number of rotatable bonds is 2. The van der Waals surface area contributed by atoms with Crippen molar-refractivity contribution in [3.8, 4) is 0 Å². The highest BCUT2D eigenvalue weighted by atomic mass is 32.3. The lowest BCUT2D eigenvalue weighted by atomic mass is 10.8. The van der Waals surface area contributed by atoms with Gasteiger partial charge in [-0.25, -0.2) is 8.42 Å². The second kappa shape index (κ2) is 2.78. The maximum absolute atomic E-state index is 10.1. The molecule has 0 spiro atoms. The van der Waals surface area contributed by atoms with Gasteiger partial charge in [0.2, 0.25) is 0 Å². The van der Waals surface area contributed by atoms with E-state index in [4.69, 9.17) is 0 Å². The van der Waals surface area contributed by atoms with Crippen molar-refractivity contribution in [1.29, 1.82) is 0 Å². The molecular weight excluding hydrogens is 165 g/mol. The molecule has 5 nitrogen and oxygen atoms in total. The summed E-state index contributed by atoms with van der Waals surface area (Å²) >= 11 is -2.81. The highest BCUT2D eigenvalue weighted by Crippen LogP contribution is 1.92. The van der Waals surface area contributed by atoms with Crippen molar-refractivity contribution in [2.24, 2.45) is 0 Å². The Labute approximate surface area is 56.8 Å². The summed E-state index contributed by atoms with van der Waals surface area (Å²) in [4.78, 5) is 0. The van der Waals surface area contributed by atoms with Crippen LogP contribution in [0.1, 0.15) is 0 Å². The predicted octanol–water partition coefficient (Wildman–Crippen LogP) is -1.87. The first-order chi connectivity index (χ1) is 3.85. The van der Waals surface area contributed by atoms with E-state index in [1.807, 2.05) is 0 Å². The van der Waals surface area contributed by atoms with E-state index < -0.39 is 21.1 Å². The third-order valence-electron chi connectivity index (χ3n) is 0.568. The molecule has 0 aromatic rings. The van der Waals surface area contributed by atoms with Crippen LogP contribution in [-0.2, 0) is 21.1 Å². The molecule has 1 atom stereocenters. The van der Waals surface area contributed by atoms with E-state index in [1.165, 1.54) is 0 Å². The molecule has 8 heteroatoms. The van der Waals surface area contributed by atoms with Crippen molar-refractivity contribution in [3.63, 3.8) is 0 Å². The smallest absolute Gasteiger partial charge is 0.279 e. The third kappa shape index (κ3) is 2.94. The van der Waals surface area contributed by atoms with Gasteiger partial charge in [-0.1, -0.05) is 0 Å². The molecule has 52 valence electrons. The van der Waals surface area contributed by atoms with E-state index in [9.17, 15) is 17.2 Å². The van der Waals surface area contributed by atoms with Gasteiger partial charge in [0.15, 0.2) is 9.87 Å². The molecular formula is CH3BNO4S2-. The summed E-state index contributed by atoms with van der Waals surface area (Å²) in [5.74, 6) is 0. The molecule has 0 saturated heterocycles. The number of hydrogen-bond donors (Lipinski definition) is 0. The Balaban J connectivity index is 4.43. The lowest BCUT2D eigenvalue weighted by Crippen LogP contribution is -2.28.